The number of amides is 1. The summed E-state index contributed by atoms with van der Waals surface area (Å²) in [7, 11) is 2.22. The van der Waals surface area contributed by atoms with Gasteiger partial charge in [0.15, 0.2) is 0 Å². The molecule has 0 N–H and O–H groups in total. The highest BCUT2D eigenvalue weighted by molar-refractivity contribution is 5.84. The molecular weight excluding hydrogens is 308 g/mol. The van der Waals surface area contributed by atoms with E-state index < -0.39 is 29.0 Å². The Morgan fingerprint density at radius 1 is 1.22 bits per heavy atom. The van der Waals surface area contributed by atoms with Gasteiger partial charge in [0.2, 0.25) is 0 Å². The molecule has 0 radical (unpaired) electrons. The Morgan fingerprint density at radius 3 is 2.35 bits per heavy atom. The number of hydroxylamine groups is 2. The van der Waals surface area contributed by atoms with Gasteiger partial charge < -0.3 is 4.74 Å². The molecule has 1 aromatic carbocycles. The zero-order valence-corrected chi connectivity index (χ0v) is 13.9. The summed E-state index contributed by atoms with van der Waals surface area (Å²) in [6.07, 6.45) is -0.157. The largest absolute Gasteiger partial charge is 0.460 e. The fourth-order valence-corrected chi connectivity index (χ4v) is 1.82. The van der Waals surface area contributed by atoms with Crippen LogP contribution < -0.4 is 0 Å². The highest BCUT2D eigenvalue weighted by Gasteiger charge is 2.43. The summed E-state index contributed by atoms with van der Waals surface area (Å²) < 4.78 is 33.5. The molecule has 0 aromatic heterocycles. The molecule has 0 saturated heterocycles. The van der Waals surface area contributed by atoms with Crippen molar-refractivity contribution in [3.63, 3.8) is 0 Å². The second kappa shape index (κ2) is 7.04. The third-order valence-electron chi connectivity index (χ3n) is 2.89. The zero-order chi connectivity index (χ0) is 17.8. The van der Waals surface area contributed by atoms with E-state index in [0.717, 1.165) is 26.3 Å². The molecule has 0 heterocycles. The van der Waals surface area contributed by atoms with Crippen LogP contribution in [0.5, 0.6) is 0 Å². The van der Waals surface area contributed by atoms with E-state index in [0.29, 0.717) is 10.6 Å². The van der Waals surface area contributed by atoms with E-state index in [1.54, 1.807) is 20.8 Å². The monoisotopic (exact) mass is 329 g/mol. The van der Waals surface area contributed by atoms with E-state index in [-0.39, 0.29) is 6.42 Å². The van der Waals surface area contributed by atoms with Crippen molar-refractivity contribution < 1.29 is 27.9 Å². The molecule has 0 aliphatic rings. The number of hydrogen-bond donors (Lipinski definition) is 0. The van der Waals surface area contributed by atoms with Crippen LogP contribution in [0.3, 0.4) is 0 Å². The van der Waals surface area contributed by atoms with Gasteiger partial charge in [-0.3, -0.25) is 14.4 Å². The fraction of sp³-hybridized carbons (Fsp3) is 0.500. The van der Waals surface area contributed by atoms with Crippen molar-refractivity contribution in [3.8, 4) is 0 Å². The number of hydrogen-bond acceptors (Lipinski definition) is 4. The third kappa shape index (κ3) is 5.28. The predicted molar refractivity (Wildman–Crippen MR) is 79.7 cm³/mol. The Bertz CT molecular complexity index is 582. The number of esters is 1. The van der Waals surface area contributed by atoms with Crippen molar-refractivity contribution in [1.82, 2.24) is 5.06 Å². The van der Waals surface area contributed by atoms with Gasteiger partial charge >= 0.3 is 17.8 Å². The van der Waals surface area contributed by atoms with E-state index >= 15 is 0 Å². The number of halogens is 2. The summed E-state index contributed by atoms with van der Waals surface area (Å²) in [4.78, 5) is 27.9. The van der Waals surface area contributed by atoms with Crippen molar-refractivity contribution in [3.05, 3.63) is 35.4 Å². The maximum absolute atomic E-state index is 14.2. The average Bonchev–Trinajstić information content (AvgIpc) is 2.43. The summed E-state index contributed by atoms with van der Waals surface area (Å²) >= 11 is 0. The summed E-state index contributed by atoms with van der Waals surface area (Å²) in [6.45, 7) is 5.15. The lowest BCUT2D eigenvalue weighted by Gasteiger charge is -2.22. The van der Waals surface area contributed by atoms with Crippen LogP contribution in [0.1, 0.15) is 31.9 Å². The molecule has 1 rings (SSSR count). The molecule has 1 aromatic rings. The maximum Gasteiger partial charge on any atom is 0.352 e. The quantitative estimate of drug-likeness (QED) is 0.616. The van der Waals surface area contributed by atoms with Gasteiger partial charge in [0.1, 0.15) is 5.60 Å². The molecule has 1 amide bonds. The van der Waals surface area contributed by atoms with Crippen LogP contribution in [0.15, 0.2) is 24.3 Å². The second-order valence-electron chi connectivity index (χ2n) is 6.02. The summed E-state index contributed by atoms with van der Waals surface area (Å²) in [6, 6.07) is 5.13. The number of nitrogens with zero attached hydrogens (tertiary/aromatic N) is 1. The zero-order valence-electron chi connectivity index (χ0n) is 13.9. The van der Waals surface area contributed by atoms with Crippen LogP contribution in [0.2, 0.25) is 0 Å². The van der Waals surface area contributed by atoms with Crippen molar-refractivity contribution in [1.29, 1.82) is 0 Å². The molecule has 0 spiro atoms. The van der Waals surface area contributed by atoms with Crippen LogP contribution >= 0.6 is 0 Å². The molecule has 0 saturated carbocycles. The second-order valence-corrected chi connectivity index (χ2v) is 6.02. The first-order chi connectivity index (χ1) is 10.5. The molecule has 0 bridgehead atoms. The van der Waals surface area contributed by atoms with Gasteiger partial charge in [-0.05, 0) is 32.4 Å². The molecule has 0 aliphatic carbocycles. The normalized spacial score (nSPS) is 12.0. The smallest absolute Gasteiger partial charge is 0.352 e. The number of likely N-dealkylation sites (N-methyl/N-ethyl adjacent to an activating group) is 1. The van der Waals surface area contributed by atoms with Crippen LogP contribution in [0.25, 0.3) is 0 Å². The lowest BCUT2D eigenvalue weighted by atomic mass is 10.0. The minimum absolute atomic E-state index is 0.157. The fourth-order valence-electron chi connectivity index (χ4n) is 1.82. The standard InChI is InChI=1S/C16H21F2NO4/c1-15(2,3)23-13(20)10-11-7-6-8-12(9-11)16(17,18)14(21)19(4)22-5/h6-9H,10H2,1-5H3. The molecule has 128 valence electrons. The number of rotatable bonds is 5. The van der Waals surface area contributed by atoms with Gasteiger partial charge in [-0.15, -0.1) is 0 Å². The summed E-state index contributed by atoms with van der Waals surface area (Å²) in [5.74, 6) is -5.78. The Morgan fingerprint density at radius 2 is 1.83 bits per heavy atom. The molecule has 23 heavy (non-hydrogen) atoms. The number of carbonyl (C=O) groups is 2. The van der Waals surface area contributed by atoms with Crippen molar-refractivity contribution in [2.75, 3.05) is 14.2 Å². The summed E-state index contributed by atoms with van der Waals surface area (Å²) in [5, 5.41) is 0.459. The van der Waals surface area contributed by atoms with Crippen molar-refractivity contribution >= 4 is 11.9 Å². The first kappa shape index (κ1) is 19.0. The van der Waals surface area contributed by atoms with Crippen LogP contribution in [0.4, 0.5) is 8.78 Å². The lowest BCUT2D eigenvalue weighted by molar-refractivity contribution is -0.195. The molecule has 0 fully saturated rings. The Kier molecular flexibility index (Phi) is 5.82. The van der Waals surface area contributed by atoms with E-state index in [4.69, 9.17) is 4.74 Å². The number of benzene rings is 1. The van der Waals surface area contributed by atoms with Gasteiger partial charge in [0, 0.05) is 12.6 Å². The molecule has 0 unspecified atom stereocenters. The first-order valence-electron chi connectivity index (χ1n) is 6.98. The number of alkyl halides is 2. The lowest BCUT2D eigenvalue weighted by Crippen LogP contribution is -2.39. The van der Waals surface area contributed by atoms with Crippen LogP contribution in [-0.2, 0) is 31.5 Å². The minimum atomic E-state index is -3.76. The predicted octanol–water partition coefficient (Wildman–Crippen LogP) is 2.68. The molecule has 0 aliphatic heterocycles. The van der Waals surface area contributed by atoms with E-state index in [1.165, 1.54) is 12.1 Å². The average molecular weight is 329 g/mol. The Hall–Kier alpha value is -2.02. The number of ether oxygens (including phenoxy) is 1. The van der Waals surface area contributed by atoms with Crippen LogP contribution in [-0.4, -0.2) is 36.7 Å². The molecule has 0 atom stereocenters. The highest BCUT2D eigenvalue weighted by atomic mass is 19.3. The van der Waals surface area contributed by atoms with Gasteiger partial charge in [-0.25, -0.2) is 5.06 Å². The minimum Gasteiger partial charge on any atom is -0.460 e. The van der Waals surface area contributed by atoms with E-state index in [9.17, 15) is 18.4 Å². The first-order valence-corrected chi connectivity index (χ1v) is 6.98. The topological polar surface area (TPSA) is 55.8 Å². The highest BCUT2D eigenvalue weighted by Crippen LogP contribution is 2.30. The molecular formula is C16H21F2NO4. The van der Waals surface area contributed by atoms with Crippen LogP contribution in [0, 0.1) is 0 Å². The van der Waals surface area contributed by atoms with E-state index in [2.05, 4.69) is 4.84 Å². The summed E-state index contributed by atoms with van der Waals surface area (Å²) in [5.41, 5.74) is -0.827. The van der Waals surface area contributed by atoms with Gasteiger partial charge in [0.05, 0.1) is 13.5 Å². The van der Waals surface area contributed by atoms with Gasteiger partial charge in [0.25, 0.3) is 0 Å². The molecule has 7 heteroatoms. The SMILES string of the molecule is CON(C)C(=O)C(F)(F)c1cccc(CC(=O)OC(C)(C)C)c1. The van der Waals surface area contributed by atoms with Gasteiger partial charge in [-0.2, -0.15) is 8.78 Å². The Labute approximate surface area is 134 Å². The van der Waals surface area contributed by atoms with Crippen molar-refractivity contribution in [2.24, 2.45) is 0 Å². The van der Waals surface area contributed by atoms with E-state index in [1.807, 2.05) is 0 Å². The third-order valence-corrected chi connectivity index (χ3v) is 2.89. The van der Waals surface area contributed by atoms with Gasteiger partial charge in [-0.1, -0.05) is 18.2 Å². The molecule has 5 nitrogen and oxygen atoms in total. The Balaban J connectivity index is 2.96. The maximum atomic E-state index is 14.2. The number of carbonyl (C=O) groups excluding carboxylic acids is 2. The van der Waals surface area contributed by atoms with Crippen molar-refractivity contribution in [2.45, 2.75) is 38.7 Å².